The van der Waals surface area contributed by atoms with Crippen molar-refractivity contribution in [3.05, 3.63) is 57.0 Å². The van der Waals surface area contributed by atoms with E-state index in [0.29, 0.717) is 5.75 Å². The third-order valence-electron chi connectivity index (χ3n) is 3.54. The first-order valence-corrected chi connectivity index (χ1v) is 9.74. The molecule has 0 aromatic heterocycles. The molecule has 5 nitrogen and oxygen atoms in total. The molecule has 0 aliphatic rings. The van der Waals surface area contributed by atoms with Crippen LogP contribution >= 0.6 is 31.9 Å². The summed E-state index contributed by atoms with van der Waals surface area (Å²) in [5.74, 6) is 0.416. The smallest absolute Gasteiger partial charge is 0.226 e. The second kappa shape index (κ2) is 10.3. The molecule has 0 spiro atoms. The van der Waals surface area contributed by atoms with Crippen LogP contribution in [0.1, 0.15) is 18.4 Å². The van der Waals surface area contributed by atoms with Crippen molar-refractivity contribution in [3.63, 3.8) is 0 Å². The number of rotatable bonds is 8. The first-order valence-electron chi connectivity index (χ1n) is 8.15. The van der Waals surface area contributed by atoms with Crippen molar-refractivity contribution in [1.29, 1.82) is 0 Å². The van der Waals surface area contributed by atoms with Gasteiger partial charge in [0.15, 0.2) is 0 Å². The Hall–Kier alpha value is -1.86. The molecule has 2 aromatic rings. The molecule has 0 fully saturated rings. The van der Waals surface area contributed by atoms with Crippen molar-refractivity contribution >= 4 is 49.4 Å². The summed E-state index contributed by atoms with van der Waals surface area (Å²) in [6.45, 7) is 2.50. The molecule has 2 amide bonds. The van der Waals surface area contributed by atoms with Crippen molar-refractivity contribution in [1.82, 2.24) is 5.32 Å². The van der Waals surface area contributed by atoms with Gasteiger partial charge in [0.25, 0.3) is 0 Å². The fraction of sp³-hybridized carbons (Fsp3) is 0.263. The first-order chi connectivity index (χ1) is 12.4. The van der Waals surface area contributed by atoms with E-state index in [1.165, 1.54) is 0 Å². The fourth-order valence-corrected chi connectivity index (χ4v) is 2.90. The number of nitrogens with one attached hydrogen (secondary N) is 2. The van der Waals surface area contributed by atoms with Crippen LogP contribution in [0, 0.1) is 6.92 Å². The number of amides is 2. The van der Waals surface area contributed by atoms with Gasteiger partial charge in [0, 0.05) is 27.6 Å². The Morgan fingerprint density at radius 2 is 1.77 bits per heavy atom. The Kier molecular flexibility index (Phi) is 8.12. The zero-order valence-electron chi connectivity index (χ0n) is 14.4. The first kappa shape index (κ1) is 20.5. The number of ether oxygens (including phenoxy) is 1. The Bertz CT molecular complexity index is 781. The normalized spacial score (nSPS) is 10.3. The zero-order valence-corrected chi connectivity index (χ0v) is 17.5. The SMILES string of the molecule is Cc1ccc(Br)cc1NC(=O)CCNC(=O)CCOc1cccc(Br)c1. The summed E-state index contributed by atoms with van der Waals surface area (Å²) >= 11 is 6.74. The lowest BCUT2D eigenvalue weighted by atomic mass is 10.2. The minimum Gasteiger partial charge on any atom is -0.493 e. The Morgan fingerprint density at radius 1 is 1.00 bits per heavy atom. The van der Waals surface area contributed by atoms with Gasteiger partial charge in [0.1, 0.15) is 5.75 Å². The van der Waals surface area contributed by atoms with E-state index < -0.39 is 0 Å². The lowest BCUT2D eigenvalue weighted by Gasteiger charge is -2.10. The van der Waals surface area contributed by atoms with Crippen LogP contribution in [-0.2, 0) is 9.59 Å². The van der Waals surface area contributed by atoms with Gasteiger partial charge in [0.05, 0.1) is 13.0 Å². The Labute approximate surface area is 169 Å². The molecule has 7 heteroatoms. The second-order valence-corrected chi connectivity index (χ2v) is 7.49. The summed E-state index contributed by atoms with van der Waals surface area (Å²) in [5.41, 5.74) is 1.74. The zero-order chi connectivity index (χ0) is 18.9. The molecule has 26 heavy (non-hydrogen) atoms. The van der Waals surface area contributed by atoms with E-state index >= 15 is 0 Å². The molecule has 0 heterocycles. The maximum atomic E-state index is 12.0. The van der Waals surface area contributed by atoms with Gasteiger partial charge in [-0.2, -0.15) is 0 Å². The largest absolute Gasteiger partial charge is 0.493 e. The van der Waals surface area contributed by atoms with Gasteiger partial charge in [-0.05, 0) is 42.8 Å². The van der Waals surface area contributed by atoms with Crippen molar-refractivity contribution in [3.8, 4) is 5.75 Å². The molecule has 0 aliphatic heterocycles. The van der Waals surface area contributed by atoms with E-state index in [0.717, 1.165) is 20.2 Å². The van der Waals surface area contributed by atoms with Gasteiger partial charge in [-0.1, -0.05) is 44.0 Å². The van der Waals surface area contributed by atoms with E-state index in [-0.39, 0.29) is 37.8 Å². The highest BCUT2D eigenvalue weighted by Crippen LogP contribution is 2.20. The van der Waals surface area contributed by atoms with Crippen molar-refractivity contribution < 1.29 is 14.3 Å². The van der Waals surface area contributed by atoms with Crippen LogP contribution in [0.2, 0.25) is 0 Å². The number of aryl methyl sites for hydroxylation is 1. The molecule has 0 saturated heterocycles. The number of benzene rings is 2. The standard InChI is InChI=1S/C19H20Br2N2O3/c1-13-5-6-15(21)12-17(13)23-19(25)7-9-22-18(24)8-10-26-16-4-2-3-14(20)11-16/h2-6,11-12H,7-10H2,1H3,(H,22,24)(H,23,25). The van der Waals surface area contributed by atoms with E-state index in [1.807, 2.05) is 49.4 Å². The van der Waals surface area contributed by atoms with Gasteiger partial charge in [0.2, 0.25) is 11.8 Å². The Balaban J connectivity index is 1.64. The Morgan fingerprint density at radius 3 is 2.54 bits per heavy atom. The quantitative estimate of drug-likeness (QED) is 0.583. The maximum Gasteiger partial charge on any atom is 0.226 e. The van der Waals surface area contributed by atoms with Gasteiger partial charge in [-0.25, -0.2) is 0 Å². The predicted octanol–water partition coefficient (Wildman–Crippen LogP) is 4.43. The predicted molar refractivity (Wildman–Crippen MR) is 109 cm³/mol. The molecular formula is C19H20Br2N2O3. The molecule has 138 valence electrons. The monoisotopic (exact) mass is 482 g/mol. The topological polar surface area (TPSA) is 67.4 Å². The lowest BCUT2D eigenvalue weighted by molar-refractivity contribution is -0.121. The summed E-state index contributed by atoms with van der Waals surface area (Å²) in [7, 11) is 0. The minimum absolute atomic E-state index is 0.142. The van der Waals surface area contributed by atoms with Crippen LogP contribution in [0.4, 0.5) is 5.69 Å². The molecule has 0 atom stereocenters. The maximum absolute atomic E-state index is 12.0. The fourth-order valence-electron chi connectivity index (χ4n) is 2.16. The van der Waals surface area contributed by atoms with Crippen LogP contribution in [0.15, 0.2) is 51.4 Å². The van der Waals surface area contributed by atoms with Gasteiger partial charge >= 0.3 is 0 Å². The van der Waals surface area contributed by atoms with Crippen LogP contribution < -0.4 is 15.4 Å². The van der Waals surface area contributed by atoms with Crippen molar-refractivity contribution in [2.45, 2.75) is 19.8 Å². The summed E-state index contributed by atoms with van der Waals surface area (Å²) in [5, 5.41) is 5.57. The minimum atomic E-state index is -0.147. The average molecular weight is 484 g/mol. The van der Waals surface area contributed by atoms with Gasteiger partial charge in [-0.3, -0.25) is 9.59 Å². The third-order valence-corrected chi connectivity index (χ3v) is 4.53. The molecule has 2 aromatic carbocycles. The molecule has 0 radical (unpaired) electrons. The number of halogens is 2. The van der Waals surface area contributed by atoms with Crippen LogP contribution in [-0.4, -0.2) is 25.0 Å². The number of carbonyl (C=O) groups is 2. The lowest BCUT2D eigenvalue weighted by Crippen LogP contribution is -2.28. The van der Waals surface area contributed by atoms with Gasteiger partial charge in [-0.15, -0.1) is 0 Å². The number of hydrogen-bond donors (Lipinski definition) is 2. The molecule has 0 saturated carbocycles. The van der Waals surface area contributed by atoms with Crippen LogP contribution in [0.5, 0.6) is 5.75 Å². The van der Waals surface area contributed by atoms with E-state index in [4.69, 9.17) is 4.74 Å². The summed E-state index contributed by atoms with van der Waals surface area (Å²) < 4.78 is 7.34. The van der Waals surface area contributed by atoms with E-state index in [2.05, 4.69) is 42.5 Å². The molecule has 0 bridgehead atoms. The van der Waals surface area contributed by atoms with E-state index in [9.17, 15) is 9.59 Å². The molecule has 0 aliphatic carbocycles. The van der Waals surface area contributed by atoms with E-state index in [1.54, 1.807) is 0 Å². The average Bonchev–Trinajstić information content (AvgIpc) is 2.58. The molecule has 0 unspecified atom stereocenters. The molecule has 2 rings (SSSR count). The van der Waals surface area contributed by atoms with Crippen molar-refractivity contribution in [2.75, 3.05) is 18.5 Å². The molecular weight excluding hydrogens is 464 g/mol. The van der Waals surface area contributed by atoms with Gasteiger partial charge < -0.3 is 15.4 Å². The number of hydrogen-bond acceptors (Lipinski definition) is 3. The second-order valence-electron chi connectivity index (χ2n) is 5.66. The summed E-state index contributed by atoms with van der Waals surface area (Å²) in [6, 6.07) is 13.1. The molecule has 2 N–H and O–H groups in total. The van der Waals surface area contributed by atoms with Crippen LogP contribution in [0.25, 0.3) is 0 Å². The highest BCUT2D eigenvalue weighted by atomic mass is 79.9. The summed E-state index contributed by atoms with van der Waals surface area (Å²) in [4.78, 5) is 23.8. The highest BCUT2D eigenvalue weighted by Gasteiger charge is 2.07. The third kappa shape index (κ3) is 7.17. The van der Waals surface area contributed by atoms with Crippen LogP contribution in [0.3, 0.4) is 0 Å². The number of anilines is 1. The summed E-state index contributed by atoms with van der Waals surface area (Å²) in [6.07, 6.45) is 0.447. The number of carbonyl (C=O) groups excluding carboxylic acids is 2. The van der Waals surface area contributed by atoms with Crippen molar-refractivity contribution in [2.24, 2.45) is 0 Å². The highest BCUT2D eigenvalue weighted by molar-refractivity contribution is 9.10.